The molecule has 0 amide bonds. The highest BCUT2D eigenvalue weighted by atomic mass is 15.1. The number of nitrogens with zero attached hydrogens (tertiary/aromatic N) is 1. The molecule has 0 aromatic carbocycles. The molecule has 0 radical (unpaired) electrons. The summed E-state index contributed by atoms with van der Waals surface area (Å²) in [5, 5.41) is 3.39. The van der Waals surface area contributed by atoms with Gasteiger partial charge in [-0.2, -0.15) is 0 Å². The van der Waals surface area contributed by atoms with Gasteiger partial charge in [-0.1, -0.05) is 34.6 Å². The molecular formula is C15H34N2. The third-order valence-corrected chi connectivity index (χ3v) is 3.17. The zero-order chi connectivity index (χ0) is 13.3. The van der Waals surface area contributed by atoms with Crippen LogP contribution in [0, 0.1) is 11.8 Å². The van der Waals surface area contributed by atoms with Crippen molar-refractivity contribution in [3.05, 3.63) is 0 Å². The molecule has 0 rings (SSSR count). The van der Waals surface area contributed by atoms with Gasteiger partial charge in [0, 0.05) is 19.1 Å². The largest absolute Gasteiger partial charge is 0.317 e. The van der Waals surface area contributed by atoms with Gasteiger partial charge in [-0.3, -0.25) is 0 Å². The van der Waals surface area contributed by atoms with Crippen LogP contribution in [0.5, 0.6) is 0 Å². The second-order valence-electron chi connectivity index (χ2n) is 6.08. The van der Waals surface area contributed by atoms with E-state index in [2.05, 4.69) is 51.9 Å². The van der Waals surface area contributed by atoms with Gasteiger partial charge in [0.15, 0.2) is 0 Å². The molecule has 0 aromatic rings. The molecule has 1 unspecified atom stereocenters. The summed E-state index contributed by atoms with van der Waals surface area (Å²) >= 11 is 0. The predicted molar refractivity (Wildman–Crippen MR) is 78.5 cm³/mol. The standard InChI is InChI=1S/C15H34N2/c1-7-15(16-6)9-8-10-17(11-13(2)3)12-14(4)5/h13-16H,7-12H2,1-6H3. The molecule has 0 spiro atoms. The van der Waals surface area contributed by atoms with Crippen molar-refractivity contribution in [2.75, 3.05) is 26.7 Å². The number of hydrogen-bond donors (Lipinski definition) is 1. The second-order valence-corrected chi connectivity index (χ2v) is 6.08. The first-order valence-electron chi connectivity index (χ1n) is 7.39. The minimum Gasteiger partial charge on any atom is -0.317 e. The Kier molecular flexibility index (Phi) is 9.85. The number of nitrogens with one attached hydrogen (secondary N) is 1. The summed E-state index contributed by atoms with van der Waals surface area (Å²) in [6.07, 6.45) is 3.86. The third-order valence-electron chi connectivity index (χ3n) is 3.17. The first-order chi connectivity index (χ1) is 7.99. The average molecular weight is 242 g/mol. The SMILES string of the molecule is CCC(CCCN(CC(C)C)CC(C)C)NC. The van der Waals surface area contributed by atoms with E-state index in [9.17, 15) is 0 Å². The maximum atomic E-state index is 3.39. The molecule has 0 fully saturated rings. The fourth-order valence-electron chi connectivity index (χ4n) is 2.40. The molecular weight excluding hydrogens is 208 g/mol. The molecule has 0 bridgehead atoms. The lowest BCUT2D eigenvalue weighted by Crippen LogP contribution is -2.33. The Balaban J connectivity index is 3.89. The van der Waals surface area contributed by atoms with Crippen molar-refractivity contribution in [2.24, 2.45) is 11.8 Å². The fourth-order valence-corrected chi connectivity index (χ4v) is 2.40. The first-order valence-corrected chi connectivity index (χ1v) is 7.39. The van der Waals surface area contributed by atoms with Gasteiger partial charge in [0.05, 0.1) is 0 Å². The van der Waals surface area contributed by atoms with Crippen LogP contribution in [0.25, 0.3) is 0 Å². The van der Waals surface area contributed by atoms with Gasteiger partial charge in [0.2, 0.25) is 0 Å². The maximum absolute atomic E-state index is 3.39. The van der Waals surface area contributed by atoms with E-state index < -0.39 is 0 Å². The van der Waals surface area contributed by atoms with Gasteiger partial charge in [0.1, 0.15) is 0 Å². The lowest BCUT2D eigenvalue weighted by Gasteiger charge is -2.26. The molecule has 0 saturated heterocycles. The van der Waals surface area contributed by atoms with E-state index in [-0.39, 0.29) is 0 Å². The summed E-state index contributed by atoms with van der Waals surface area (Å²) in [6.45, 7) is 15.3. The summed E-state index contributed by atoms with van der Waals surface area (Å²) in [7, 11) is 2.08. The minimum absolute atomic E-state index is 0.704. The third kappa shape index (κ3) is 9.61. The predicted octanol–water partition coefficient (Wildman–Crippen LogP) is 3.38. The van der Waals surface area contributed by atoms with Gasteiger partial charge in [-0.05, 0) is 44.7 Å². The van der Waals surface area contributed by atoms with Crippen LogP contribution in [0.15, 0.2) is 0 Å². The highest BCUT2D eigenvalue weighted by Crippen LogP contribution is 2.07. The molecule has 0 aliphatic carbocycles. The van der Waals surface area contributed by atoms with Crippen LogP contribution in [0.4, 0.5) is 0 Å². The van der Waals surface area contributed by atoms with Crippen LogP contribution >= 0.6 is 0 Å². The van der Waals surface area contributed by atoms with Crippen LogP contribution < -0.4 is 5.32 Å². The van der Waals surface area contributed by atoms with E-state index in [0.717, 1.165) is 11.8 Å². The zero-order valence-electron chi connectivity index (χ0n) is 12.9. The molecule has 0 heterocycles. The zero-order valence-corrected chi connectivity index (χ0v) is 12.9. The van der Waals surface area contributed by atoms with Crippen LogP contribution in [0.3, 0.4) is 0 Å². The van der Waals surface area contributed by atoms with Crippen molar-refractivity contribution in [1.82, 2.24) is 10.2 Å². The van der Waals surface area contributed by atoms with Gasteiger partial charge in [-0.15, -0.1) is 0 Å². The van der Waals surface area contributed by atoms with Gasteiger partial charge in [0.25, 0.3) is 0 Å². The van der Waals surface area contributed by atoms with Crippen LogP contribution in [0.1, 0.15) is 53.9 Å². The molecule has 2 heteroatoms. The monoisotopic (exact) mass is 242 g/mol. The number of rotatable bonds is 10. The van der Waals surface area contributed by atoms with E-state index in [4.69, 9.17) is 0 Å². The minimum atomic E-state index is 0.704. The smallest absolute Gasteiger partial charge is 0.00619 e. The Morgan fingerprint density at radius 2 is 1.53 bits per heavy atom. The van der Waals surface area contributed by atoms with Crippen LogP contribution in [-0.2, 0) is 0 Å². The Bertz CT molecular complexity index is 152. The first kappa shape index (κ1) is 16.9. The molecule has 1 N–H and O–H groups in total. The van der Waals surface area contributed by atoms with E-state index in [0.29, 0.717) is 6.04 Å². The lowest BCUT2D eigenvalue weighted by molar-refractivity contribution is 0.212. The van der Waals surface area contributed by atoms with E-state index in [1.165, 1.54) is 38.9 Å². The Labute approximate surface area is 109 Å². The van der Waals surface area contributed by atoms with Crippen molar-refractivity contribution >= 4 is 0 Å². The molecule has 0 saturated carbocycles. The summed E-state index contributed by atoms with van der Waals surface area (Å²) in [5.41, 5.74) is 0. The van der Waals surface area contributed by atoms with Gasteiger partial charge >= 0.3 is 0 Å². The van der Waals surface area contributed by atoms with Crippen molar-refractivity contribution in [3.63, 3.8) is 0 Å². The molecule has 17 heavy (non-hydrogen) atoms. The van der Waals surface area contributed by atoms with Crippen molar-refractivity contribution in [1.29, 1.82) is 0 Å². The quantitative estimate of drug-likeness (QED) is 0.632. The number of hydrogen-bond acceptors (Lipinski definition) is 2. The average Bonchev–Trinajstić information content (AvgIpc) is 2.22. The second kappa shape index (κ2) is 9.90. The van der Waals surface area contributed by atoms with Crippen molar-refractivity contribution in [2.45, 2.75) is 59.9 Å². The lowest BCUT2D eigenvalue weighted by atomic mass is 10.1. The highest BCUT2D eigenvalue weighted by molar-refractivity contribution is 4.66. The maximum Gasteiger partial charge on any atom is 0.00619 e. The topological polar surface area (TPSA) is 15.3 Å². The Hall–Kier alpha value is -0.0800. The summed E-state index contributed by atoms with van der Waals surface area (Å²) in [6, 6.07) is 0.704. The molecule has 104 valence electrons. The fraction of sp³-hybridized carbons (Fsp3) is 1.00. The van der Waals surface area contributed by atoms with Gasteiger partial charge in [-0.25, -0.2) is 0 Å². The normalized spacial score (nSPS) is 13.9. The van der Waals surface area contributed by atoms with E-state index in [1.54, 1.807) is 0 Å². The summed E-state index contributed by atoms with van der Waals surface area (Å²) in [5.74, 6) is 1.56. The highest BCUT2D eigenvalue weighted by Gasteiger charge is 2.10. The molecule has 1 atom stereocenters. The van der Waals surface area contributed by atoms with Crippen LogP contribution in [-0.4, -0.2) is 37.6 Å². The molecule has 0 aromatic heterocycles. The Morgan fingerprint density at radius 3 is 1.88 bits per heavy atom. The van der Waals surface area contributed by atoms with Crippen LogP contribution in [0.2, 0.25) is 0 Å². The Morgan fingerprint density at radius 1 is 1.00 bits per heavy atom. The molecule has 0 aliphatic rings. The van der Waals surface area contributed by atoms with Crippen molar-refractivity contribution < 1.29 is 0 Å². The molecule has 2 nitrogen and oxygen atoms in total. The van der Waals surface area contributed by atoms with E-state index >= 15 is 0 Å². The van der Waals surface area contributed by atoms with Gasteiger partial charge < -0.3 is 10.2 Å². The molecule has 0 aliphatic heterocycles. The van der Waals surface area contributed by atoms with E-state index in [1.807, 2.05) is 0 Å². The summed E-state index contributed by atoms with van der Waals surface area (Å²) in [4.78, 5) is 2.64. The summed E-state index contributed by atoms with van der Waals surface area (Å²) < 4.78 is 0. The van der Waals surface area contributed by atoms with Crippen molar-refractivity contribution in [3.8, 4) is 0 Å².